The Kier molecular flexibility index (Phi) is 6.64. The van der Waals surface area contributed by atoms with Crippen molar-refractivity contribution in [2.45, 2.75) is 19.4 Å². The molecule has 25 heavy (non-hydrogen) atoms. The van der Waals surface area contributed by atoms with Gasteiger partial charge in [0.1, 0.15) is 0 Å². The van der Waals surface area contributed by atoms with Crippen LogP contribution in [0.5, 0.6) is 0 Å². The van der Waals surface area contributed by atoms with Gasteiger partial charge >= 0.3 is 0 Å². The van der Waals surface area contributed by atoms with Crippen molar-refractivity contribution < 1.29 is 4.79 Å². The average Bonchev–Trinajstić information content (AvgIpc) is 3.04. The summed E-state index contributed by atoms with van der Waals surface area (Å²) in [6.45, 7) is 4.59. The third-order valence-electron chi connectivity index (χ3n) is 4.65. The summed E-state index contributed by atoms with van der Waals surface area (Å²) < 4.78 is 1.00. The van der Waals surface area contributed by atoms with E-state index in [2.05, 4.69) is 36.3 Å². The number of H-pyrrole nitrogens is 1. The molecule has 7 heteroatoms. The van der Waals surface area contributed by atoms with E-state index in [1.165, 1.54) is 0 Å². The Hall–Kier alpha value is -1.21. The van der Waals surface area contributed by atoms with Crippen molar-refractivity contribution in [3.63, 3.8) is 0 Å². The Balaban J connectivity index is 1.37. The molecular formula is C18H22BrClN4O. The minimum atomic E-state index is 0.130. The Morgan fingerprint density at radius 2 is 2.04 bits per heavy atom. The van der Waals surface area contributed by atoms with Crippen molar-refractivity contribution in [2.24, 2.45) is 5.92 Å². The molecule has 1 aromatic carbocycles. The van der Waals surface area contributed by atoms with Gasteiger partial charge in [0.15, 0.2) is 5.78 Å². The first-order valence-electron chi connectivity index (χ1n) is 8.54. The van der Waals surface area contributed by atoms with Crippen LogP contribution in [0.15, 0.2) is 34.9 Å². The molecule has 0 amide bonds. The fraction of sp³-hybridized carbons (Fsp3) is 0.444. The number of aromatic amines is 1. The number of hydrogen-bond acceptors (Lipinski definition) is 4. The number of rotatable bonds is 7. The molecule has 0 atom stereocenters. The molecule has 2 heterocycles. The summed E-state index contributed by atoms with van der Waals surface area (Å²) in [7, 11) is 0. The molecule has 0 radical (unpaired) electrons. The number of ketones is 1. The van der Waals surface area contributed by atoms with E-state index in [0.29, 0.717) is 5.02 Å². The van der Waals surface area contributed by atoms with Crippen LogP contribution in [0.25, 0.3) is 0 Å². The predicted molar refractivity (Wildman–Crippen MR) is 103 cm³/mol. The topological polar surface area (TPSA) is 61.0 Å². The molecule has 1 aliphatic heterocycles. The van der Waals surface area contributed by atoms with Crippen LogP contribution >= 0.6 is 27.5 Å². The lowest BCUT2D eigenvalue weighted by Crippen LogP contribution is -2.39. The summed E-state index contributed by atoms with van der Waals surface area (Å²) in [5.41, 5.74) is 1.77. The highest BCUT2D eigenvalue weighted by Gasteiger charge is 2.25. The van der Waals surface area contributed by atoms with Gasteiger partial charge in [0.2, 0.25) is 0 Å². The van der Waals surface area contributed by atoms with Crippen LogP contribution in [0, 0.1) is 5.92 Å². The molecule has 0 unspecified atom stereocenters. The maximum Gasteiger partial charge on any atom is 0.166 e. The third kappa shape index (κ3) is 5.14. The molecule has 1 aliphatic rings. The van der Waals surface area contributed by atoms with Crippen LogP contribution in [-0.4, -0.2) is 47.1 Å². The van der Waals surface area contributed by atoms with Gasteiger partial charge in [0.05, 0.1) is 10.2 Å². The molecule has 1 aromatic heterocycles. The van der Waals surface area contributed by atoms with Gasteiger partial charge in [-0.2, -0.15) is 5.10 Å². The molecule has 0 spiro atoms. The summed E-state index contributed by atoms with van der Waals surface area (Å²) in [6, 6.07) is 7.23. The maximum absolute atomic E-state index is 12.6. The Morgan fingerprint density at radius 3 is 2.68 bits per heavy atom. The summed E-state index contributed by atoms with van der Waals surface area (Å²) in [6.07, 6.45) is 3.68. The standard InChI is InChI=1S/C18H22BrClN4O/c19-16-11-22-23-17(16)12-21-7-10-24-8-5-14(6-9-24)18(25)13-1-3-15(20)4-2-13/h1-4,11,14,21H,5-10,12H2,(H,22,23). The van der Waals surface area contributed by atoms with Gasteiger partial charge in [0, 0.05) is 42.3 Å². The molecule has 134 valence electrons. The predicted octanol–water partition coefficient (Wildman–Crippen LogP) is 3.51. The van der Waals surface area contributed by atoms with Crippen LogP contribution in [0.4, 0.5) is 0 Å². The van der Waals surface area contributed by atoms with Crippen molar-refractivity contribution in [2.75, 3.05) is 26.2 Å². The molecule has 1 saturated heterocycles. The molecule has 2 N–H and O–H groups in total. The summed E-state index contributed by atoms with van der Waals surface area (Å²) in [4.78, 5) is 15.0. The van der Waals surface area contributed by atoms with Crippen molar-refractivity contribution >= 4 is 33.3 Å². The van der Waals surface area contributed by atoms with E-state index in [-0.39, 0.29) is 11.7 Å². The van der Waals surface area contributed by atoms with Gasteiger partial charge in [-0.15, -0.1) is 0 Å². The fourth-order valence-electron chi connectivity index (χ4n) is 3.14. The molecule has 0 aliphatic carbocycles. The van der Waals surface area contributed by atoms with Gasteiger partial charge in [-0.25, -0.2) is 0 Å². The number of nitrogens with one attached hydrogen (secondary N) is 2. The molecule has 3 rings (SSSR count). The fourth-order valence-corrected chi connectivity index (χ4v) is 3.60. The number of aromatic nitrogens is 2. The number of halogens is 2. The highest BCUT2D eigenvalue weighted by Crippen LogP contribution is 2.22. The van der Waals surface area contributed by atoms with Crippen molar-refractivity contribution in [1.29, 1.82) is 0 Å². The van der Waals surface area contributed by atoms with Crippen molar-refractivity contribution in [3.8, 4) is 0 Å². The highest BCUT2D eigenvalue weighted by molar-refractivity contribution is 9.10. The van der Waals surface area contributed by atoms with E-state index in [1.807, 2.05) is 18.3 Å². The van der Waals surface area contributed by atoms with Gasteiger partial charge in [0.25, 0.3) is 0 Å². The van der Waals surface area contributed by atoms with Gasteiger partial charge < -0.3 is 10.2 Å². The Labute approximate surface area is 161 Å². The lowest BCUT2D eigenvalue weighted by Gasteiger charge is -2.31. The molecule has 2 aromatic rings. The lowest BCUT2D eigenvalue weighted by atomic mass is 9.89. The number of piperidine rings is 1. The van der Waals surface area contributed by atoms with Crippen LogP contribution in [0.2, 0.25) is 5.02 Å². The number of benzene rings is 1. The molecule has 1 fully saturated rings. The van der Waals surface area contributed by atoms with Crippen molar-refractivity contribution in [1.82, 2.24) is 20.4 Å². The highest BCUT2D eigenvalue weighted by atomic mass is 79.9. The zero-order chi connectivity index (χ0) is 17.6. The zero-order valence-corrected chi connectivity index (χ0v) is 16.3. The van der Waals surface area contributed by atoms with E-state index in [0.717, 1.165) is 61.3 Å². The average molecular weight is 426 g/mol. The smallest absolute Gasteiger partial charge is 0.166 e. The van der Waals surface area contributed by atoms with Crippen LogP contribution in [0.1, 0.15) is 28.9 Å². The first-order chi connectivity index (χ1) is 12.1. The lowest BCUT2D eigenvalue weighted by molar-refractivity contribution is 0.0841. The summed E-state index contributed by atoms with van der Waals surface area (Å²) in [5, 5.41) is 11.1. The quantitative estimate of drug-likeness (QED) is 0.526. The third-order valence-corrected chi connectivity index (χ3v) is 5.59. The molecule has 0 saturated carbocycles. The van der Waals surface area contributed by atoms with Crippen LogP contribution in [-0.2, 0) is 6.54 Å². The number of carbonyl (C=O) groups excluding carboxylic acids is 1. The Bertz CT molecular complexity index is 695. The van der Waals surface area contributed by atoms with E-state index >= 15 is 0 Å². The largest absolute Gasteiger partial charge is 0.310 e. The zero-order valence-electron chi connectivity index (χ0n) is 14.0. The monoisotopic (exact) mass is 424 g/mol. The molecule has 0 bridgehead atoms. The minimum absolute atomic E-state index is 0.130. The summed E-state index contributed by atoms with van der Waals surface area (Å²) in [5.74, 6) is 0.378. The van der Waals surface area contributed by atoms with Crippen LogP contribution in [0.3, 0.4) is 0 Å². The van der Waals surface area contributed by atoms with E-state index in [9.17, 15) is 4.79 Å². The SMILES string of the molecule is O=C(c1ccc(Cl)cc1)C1CCN(CCNCc2n[nH]cc2Br)CC1. The number of likely N-dealkylation sites (tertiary alicyclic amines) is 1. The van der Waals surface area contributed by atoms with E-state index in [4.69, 9.17) is 11.6 Å². The number of Topliss-reactive ketones (excluding diaryl/α,β-unsaturated/α-hetero) is 1. The normalized spacial score (nSPS) is 16.2. The second-order valence-electron chi connectivity index (χ2n) is 6.34. The molecular weight excluding hydrogens is 404 g/mol. The number of nitrogens with zero attached hydrogens (tertiary/aromatic N) is 2. The second-order valence-corrected chi connectivity index (χ2v) is 7.63. The summed E-state index contributed by atoms with van der Waals surface area (Å²) >= 11 is 9.35. The van der Waals surface area contributed by atoms with Crippen molar-refractivity contribution in [3.05, 3.63) is 51.2 Å². The van der Waals surface area contributed by atoms with Gasteiger partial charge in [-0.1, -0.05) is 11.6 Å². The van der Waals surface area contributed by atoms with Gasteiger partial charge in [-0.3, -0.25) is 9.89 Å². The van der Waals surface area contributed by atoms with E-state index in [1.54, 1.807) is 12.1 Å². The Morgan fingerprint density at radius 1 is 1.32 bits per heavy atom. The van der Waals surface area contributed by atoms with Crippen LogP contribution < -0.4 is 5.32 Å². The second kappa shape index (κ2) is 8.94. The molecule has 5 nitrogen and oxygen atoms in total. The minimum Gasteiger partial charge on any atom is -0.310 e. The van der Waals surface area contributed by atoms with E-state index < -0.39 is 0 Å². The first kappa shape index (κ1) is 18.6. The maximum atomic E-state index is 12.6. The van der Waals surface area contributed by atoms with Gasteiger partial charge in [-0.05, 0) is 66.1 Å². The number of hydrogen-bond donors (Lipinski definition) is 2. The first-order valence-corrected chi connectivity index (χ1v) is 9.71. The number of carbonyl (C=O) groups is 1.